The highest BCUT2D eigenvalue weighted by Crippen LogP contribution is 2.34. The first-order valence-electron chi connectivity index (χ1n) is 10.1. The van der Waals surface area contributed by atoms with E-state index >= 15 is 0 Å². The van der Waals surface area contributed by atoms with Crippen LogP contribution in [0.3, 0.4) is 0 Å². The normalized spacial score (nSPS) is 16.0. The van der Waals surface area contributed by atoms with E-state index in [1.54, 1.807) is 23.6 Å². The fourth-order valence-electron chi connectivity index (χ4n) is 4.23. The van der Waals surface area contributed by atoms with Crippen molar-refractivity contribution in [2.24, 2.45) is 0 Å². The molecule has 1 saturated heterocycles. The van der Waals surface area contributed by atoms with E-state index in [1.165, 1.54) is 0 Å². The summed E-state index contributed by atoms with van der Waals surface area (Å²) in [7, 11) is 1.62. The predicted octanol–water partition coefficient (Wildman–Crippen LogP) is 4.04. The van der Waals surface area contributed by atoms with Crippen molar-refractivity contribution in [1.82, 2.24) is 14.7 Å². The Labute approximate surface area is 176 Å². The van der Waals surface area contributed by atoms with Crippen LogP contribution in [0.5, 0.6) is 5.75 Å². The van der Waals surface area contributed by atoms with Gasteiger partial charge in [-0.25, -0.2) is 4.68 Å². The van der Waals surface area contributed by atoms with Gasteiger partial charge in [0.05, 0.1) is 35.8 Å². The molecule has 30 heavy (non-hydrogen) atoms. The summed E-state index contributed by atoms with van der Waals surface area (Å²) in [5, 5.41) is 4.52. The highest BCUT2D eigenvalue weighted by atomic mass is 16.5. The van der Waals surface area contributed by atoms with Gasteiger partial charge in [-0.15, -0.1) is 0 Å². The number of para-hydroxylation sites is 1. The Morgan fingerprint density at radius 2 is 1.83 bits per heavy atom. The lowest BCUT2D eigenvalue weighted by Gasteiger charge is -2.24. The minimum atomic E-state index is -0.498. The maximum atomic E-state index is 13.2. The number of carbonyl (C=O) groups excluding carboxylic acids is 2. The van der Waals surface area contributed by atoms with E-state index in [-0.39, 0.29) is 6.04 Å². The number of methoxy groups -OCH3 is 1. The number of rotatable bonds is 5. The molecular weight excluding hydrogens is 378 g/mol. The van der Waals surface area contributed by atoms with Gasteiger partial charge in [0, 0.05) is 6.54 Å². The van der Waals surface area contributed by atoms with Crippen LogP contribution in [0.4, 0.5) is 0 Å². The van der Waals surface area contributed by atoms with Gasteiger partial charge in [-0.05, 0) is 56.5 Å². The molecule has 1 unspecified atom stereocenters. The molecular formula is C24H25N3O3. The number of benzene rings is 2. The zero-order valence-electron chi connectivity index (χ0n) is 17.5. The van der Waals surface area contributed by atoms with Crippen molar-refractivity contribution >= 4 is 11.7 Å². The molecule has 4 rings (SSSR count). The van der Waals surface area contributed by atoms with Crippen LogP contribution in [-0.2, 0) is 4.79 Å². The van der Waals surface area contributed by atoms with Crippen LogP contribution >= 0.6 is 0 Å². The molecule has 1 aromatic heterocycles. The van der Waals surface area contributed by atoms with E-state index in [0.29, 0.717) is 23.5 Å². The monoisotopic (exact) mass is 403 g/mol. The molecule has 2 aromatic carbocycles. The summed E-state index contributed by atoms with van der Waals surface area (Å²) in [6, 6.07) is 17.2. The smallest absolute Gasteiger partial charge is 0.295 e. The summed E-state index contributed by atoms with van der Waals surface area (Å²) < 4.78 is 7.04. The number of Topliss-reactive ketones (excluding diaryl/α,β-unsaturated/α-hetero) is 1. The van der Waals surface area contributed by atoms with Gasteiger partial charge >= 0.3 is 0 Å². The third-order valence-corrected chi connectivity index (χ3v) is 5.71. The molecule has 1 aliphatic rings. The molecule has 0 bridgehead atoms. The van der Waals surface area contributed by atoms with Crippen molar-refractivity contribution in [1.29, 1.82) is 0 Å². The van der Waals surface area contributed by atoms with Crippen molar-refractivity contribution in [3.63, 3.8) is 0 Å². The van der Waals surface area contributed by atoms with Crippen molar-refractivity contribution in [2.45, 2.75) is 32.7 Å². The molecule has 2 heterocycles. The minimum absolute atomic E-state index is 0.124. The molecule has 1 aliphatic heterocycles. The summed E-state index contributed by atoms with van der Waals surface area (Å²) in [6.45, 7) is 4.17. The molecule has 1 fully saturated rings. The summed E-state index contributed by atoms with van der Waals surface area (Å²) in [5.74, 6) is -0.227. The third kappa shape index (κ3) is 3.49. The largest absolute Gasteiger partial charge is 0.497 e. The molecule has 0 aliphatic carbocycles. The maximum absolute atomic E-state index is 13.2. The van der Waals surface area contributed by atoms with Gasteiger partial charge in [-0.2, -0.15) is 5.10 Å². The van der Waals surface area contributed by atoms with E-state index in [2.05, 4.69) is 5.10 Å². The van der Waals surface area contributed by atoms with E-state index in [1.807, 2.05) is 61.5 Å². The molecule has 0 N–H and O–H groups in total. The second-order valence-electron chi connectivity index (χ2n) is 7.56. The number of carbonyl (C=O) groups is 2. The Bertz CT molecular complexity index is 1090. The van der Waals surface area contributed by atoms with E-state index in [4.69, 9.17) is 4.74 Å². The molecule has 1 amide bonds. The summed E-state index contributed by atoms with van der Waals surface area (Å²) >= 11 is 0. The zero-order chi connectivity index (χ0) is 21.3. The minimum Gasteiger partial charge on any atom is -0.497 e. The van der Waals surface area contributed by atoms with E-state index in [9.17, 15) is 9.59 Å². The van der Waals surface area contributed by atoms with Gasteiger partial charge in [0.2, 0.25) is 0 Å². The molecule has 3 aromatic rings. The lowest BCUT2D eigenvalue weighted by Crippen LogP contribution is -2.36. The van der Waals surface area contributed by atoms with Gasteiger partial charge in [-0.3, -0.25) is 9.59 Å². The van der Waals surface area contributed by atoms with Gasteiger partial charge in [0.15, 0.2) is 0 Å². The van der Waals surface area contributed by atoms with Crippen LogP contribution in [0.2, 0.25) is 0 Å². The second kappa shape index (κ2) is 8.14. The Morgan fingerprint density at radius 1 is 1.07 bits per heavy atom. The predicted molar refractivity (Wildman–Crippen MR) is 114 cm³/mol. The molecule has 154 valence electrons. The first kappa shape index (κ1) is 19.9. The second-order valence-corrected chi connectivity index (χ2v) is 7.56. The lowest BCUT2D eigenvalue weighted by atomic mass is 10.0. The lowest BCUT2D eigenvalue weighted by molar-refractivity contribution is -0.127. The molecule has 6 heteroatoms. The van der Waals surface area contributed by atoms with Gasteiger partial charge in [0.25, 0.3) is 11.7 Å². The average molecular weight is 403 g/mol. The first-order chi connectivity index (χ1) is 14.5. The SMILES string of the molecule is COc1cccc(C2CCCN2C(=O)C(=O)c2c(C)nn(-c3ccccc3)c2C)c1. The number of aryl methyl sites for hydroxylation is 1. The average Bonchev–Trinajstić information content (AvgIpc) is 3.38. The summed E-state index contributed by atoms with van der Waals surface area (Å²) in [6.07, 6.45) is 1.69. The quantitative estimate of drug-likeness (QED) is 0.476. The number of aromatic nitrogens is 2. The molecule has 0 saturated carbocycles. The van der Waals surface area contributed by atoms with Crippen LogP contribution in [0.25, 0.3) is 5.69 Å². The Morgan fingerprint density at radius 3 is 2.57 bits per heavy atom. The Balaban J connectivity index is 1.64. The summed E-state index contributed by atoms with van der Waals surface area (Å²) in [5.41, 5.74) is 3.47. The van der Waals surface area contributed by atoms with Gasteiger partial charge in [0.1, 0.15) is 5.75 Å². The number of ketones is 1. The van der Waals surface area contributed by atoms with Gasteiger partial charge in [-0.1, -0.05) is 30.3 Å². The molecule has 0 radical (unpaired) electrons. The molecule has 1 atom stereocenters. The van der Waals surface area contributed by atoms with E-state index < -0.39 is 11.7 Å². The van der Waals surface area contributed by atoms with Crippen molar-refractivity contribution in [3.05, 3.63) is 77.1 Å². The van der Waals surface area contributed by atoms with E-state index in [0.717, 1.165) is 29.8 Å². The van der Waals surface area contributed by atoms with Crippen LogP contribution < -0.4 is 4.74 Å². The zero-order valence-corrected chi connectivity index (χ0v) is 17.5. The topological polar surface area (TPSA) is 64.4 Å². The third-order valence-electron chi connectivity index (χ3n) is 5.71. The van der Waals surface area contributed by atoms with Crippen molar-refractivity contribution in [2.75, 3.05) is 13.7 Å². The number of likely N-dealkylation sites (tertiary alicyclic amines) is 1. The Hall–Kier alpha value is -3.41. The van der Waals surface area contributed by atoms with Crippen LogP contribution in [0, 0.1) is 13.8 Å². The van der Waals surface area contributed by atoms with Crippen molar-refractivity contribution in [3.8, 4) is 11.4 Å². The maximum Gasteiger partial charge on any atom is 0.295 e. The van der Waals surface area contributed by atoms with Crippen LogP contribution in [-0.4, -0.2) is 40.0 Å². The number of ether oxygens (including phenoxy) is 1. The summed E-state index contributed by atoms with van der Waals surface area (Å²) in [4.78, 5) is 28.2. The fraction of sp³-hybridized carbons (Fsp3) is 0.292. The number of nitrogens with zero attached hydrogens (tertiary/aromatic N) is 3. The number of hydrogen-bond acceptors (Lipinski definition) is 4. The first-order valence-corrected chi connectivity index (χ1v) is 10.1. The van der Waals surface area contributed by atoms with Crippen LogP contribution in [0.1, 0.15) is 46.2 Å². The Kier molecular flexibility index (Phi) is 5.40. The molecule has 0 spiro atoms. The standard InChI is InChI=1S/C24H25N3O3/c1-16-22(17(2)27(25-16)19-10-5-4-6-11-19)23(28)24(29)26-14-8-13-21(26)18-9-7-12-20(15-18)30-3/h4-7,9-12,15,21H,8,13-14H2,1-3H3. The molecule has 6 nitrogen and oxygen atoms in total. The van der Waals surface area contributed by atoms with Crippen molar-refractivity contribution < 1.29 is 14.3 Å². The number of hydrogen-bond donors (Lipinski definition) is 0. The van der Waals surface area contributed by atoms with Crippen LogP contribution in [0.15, 0.2) is 54.6 Å². The highest BCUT2D eigenvalue weighted by Gasteiger charge is 2.36. The fourth-order valence-corrected chi connectivity index (χ4v) is 4.23. The van der Waals surface area contributed by atoms with Gasteiger partial charge < -0.3 is 9.64 Å². The number of amides is 1. The highest BCUT2D eigenvalue weighted by molar-refractivity contribution is 6.43.